The summed E-state index contributed by atoms with van der Waals surface area (Å²) in [6.45, 7) is 7.95. The third-order valence-corrected chi connectivity index (χ3v) is 5.88. The first kappa shape index (κ1) is 19.5. The van der Waals surface area contributed by atoms with E-state index >= 15 is 0 Å². The highest BCUT2D eigenvalue weighted by atomic mass is 16.2. The van der Waals surface area contributed by atoms with Crippen LogP contribution in [0.15, 0.2) is 54.6 Å². The lowest BCUT2D eigenvalue weighted by atomic mass is 10.1. The number of rotatable bonds is 5. The smallest absolute Gasteiger partial charge is 0.229 e. The summed E-state index contributed by atoms with van der Waals surface area (Å²) in [5.41, 5.74) is 2.81. The van der Waals surface area contributed by atoms with Crippen LogP contribution in [0.3, 0.4) is 0 Å². The number of benzene rings is 2. The van der Waals surface area contributed by atoms with Crippen molar-refractivity contribution in [2.24, 2.45) is 5.92 Å². The summed E-state index contributed by atoms with van der Waals surface area (Å²) < 4.78 is 0. The molecule has 0 aromatic heterocycles. The Morgan fingerprint density at radius 1 is 0.966 bits per heavy atom. The van der Waals surface area contributed by atoms with Crippen molar-refractivity contribution < 1.29 is 9.59 Å². The van der Waals surface area contributed by atoms with Gasteiger partial charge in [-0.2, -0.15) is 0 Å². The van der Waals surface area contributed by atoms with Crippen LogP contribution in [0.1, 0.15) is 13.3 Å². The molecule has 2 amide bonds. The Morgan fingerprint density at radius 3 is 2.31 bits per heavy atom. The number of likely N-dealkylation sites (N-methyl/N-ethyl adjacent to an activating group) is 1. The number of nitrogens with zero attached hydrogens (tertiary/aromatic N) is 3. The fourth-order valence-corrected chi connectivity index (χ4v) is 4.06. The van der Waals surface area contributed by atoms with Gasteiger partial charge in [-0.05, 0) is 42.9 Å². The first-order valence-corrected chi connectivity index (χ1v) is 10.4. The average molecular weight is 393 g/mol. The van der Waals surface area contributed by atoms with E-state index in [-0.39, 0.29) is 24.2 Å². The Morgan fingerprint density at radius 2 is 1.66 bits per heavy atom. The fourth-order valence-electron chi connectivity index (χ4n) is 4.06. The van der Waals surface area contributed by atoms with Gasteiger partial charge in [-0.3, -0.25) is 9.59 Å². The topological polar surface area (TPSA) is 55.9 Å². The maximum absolute atomic E-state index is 12.7. The van der Waals surface area contributed by atoms with Crippen molar-refractivity contribution in [2.45, 2.75) is 13.3 Å². The predicted octanol–water partition coefficient (Wildman–Crippen LogP) is 2.82. The number of amides is 2. The van der Waals surface area contributed by atoms with Gasteiger partial charge in [0.2, 0.25) is 11.8 Å². The van der Waals surface area contributed by atoms with Crippen molar-refractivity contribution in [1.82, 2.24) is 4.90 Å². The van der Waals surface area contributed by atoms with Crippen LogP contribution in [0.2, 0.25) is 0 Å². The average Bonchev–Trinajstić information content (AvgIpc) is 3.17. The molecular formula is C23H28N4O2. The number of carbonyl (C=O) groups excluding carboxylic acids is 2. The van der Waals surface area contributed by atoms with E-state index < -0.39 is 0 Å². The second-order valence-corrected chi connectivity index (χ2v) is 7.70. The van der Waals surface area contributed by atoms with Gasteiger partial charge in [-0.15, -0.1) is 0 Å². The molecule has 0 bridgehead atoms. The summed E-state index contributed by atoms with van der Waals surface area (Å²) in [6, 6.07) is 17.5. The van der Waals surface area contributed by atoms with Crippen LogP contribution in [-0.2, 0) is 9.59 Å². The second kappa shape index (κ2) is 8.66. The van der Waals surface area contributed by atoms with E-state index in [1.165, 1.54) is 5.69 Å². The summed E-state index contributed by atoms with van der Waals surface area (Å²) in [4.78, 5) is 31.6. The molecule has 152 valence electrons. The molecule has 0 aliphatic carbocycles. The first-order valence-electron chi connectivity index (χ1n) is 10.4. The van der Waals surface area contributed by atoms with Gasteiger partial charge in [0, 0.05) is 56.2 Å². The molecule has 0 spiro atoms. The number of hydrogen-bond acceptors (Lipinski definition) is 4. The zero-order valence-electron chi connectivity index (χ0n) is 16.9. The molecule has 2 aromatic carbocycles. The SMILES string of the molecule is CCN1CCN(c2ccc(NC(=O)C3CC(=O)N(c4ccccc4)C3)cc2)CC1. The minimum absolute atomic E-state index is 0.00193. The van der Waals surface area contributed by atoms with E-state index in [9.17, 15) is 9.59 Å². The number of anilines is 3. The monoisotopic (exact) mass is 392 g/mol. The zero-order chi connectivity index (χ0) is 20.2. The van der Waals surface area contributed by atoms with Crippen molar-refractivity contribution in [1.29, 1.82) is 0 Å². The first-order chi connectivity index (χ1) is 14.1. The molecule has 4 rings (SSSR count). The van der Waals surface area contributed by atoms with E-state index in [1.807, 2.05) is 42.5 Å². The van der Waals surface area contributed by atoms with Gasteiger partial charge in [0.15, 0.2) is 0 Å². The van der Waals surface area contributed by atoms with Crippen LogP contribution >= 0.6 is 0 Å². The molecule has 1 atom stereocenters. The van der Waals surface area contributed by atoms with Crippen molar-refractivity contribution >= 4 is 28.9 Å². The van der Waals surface area contributed by atoms with E-state index in [4.69, 9.17) is 0 Å². The van der Waals surface area contributed by atoms with E-state index in [1.54, 1.807) is 4.90 Å². The number of carbonyl (C=O) groups is 2. The summed E-state index contributed by atoms with van der Waals surface area (Å²) in [7, 11) is 0. The standard InChI is InChI=1S/C23H28N4O2/c1-2-25-12-14-26(15-13-25)20-10-8-19(9-11-20)24-23(29)18-16-22(28)27(17-18)21-6-4-3-5-7-21/h3-11,18H,2,12-17H2,1H3,(H,24,29). The quantitative estimate of drug-likeness (QED) is 0.850. The lowest BCUT2D eigenvalue weighted by Crippen LogP contribution is -2.46. The Balaban J connectivity index is 1.34. The largest absolute Gasteiger partial charge is 0.369 e. The fraction of sp³-hybridized carbons (Fsp3) is 0.391. The summed E-state index contributed by atoms with van der Waals surface area (Å²) in [5.74, 6) is -0.427. The molecule has 2 saturated heterocycles. The Hall–Kier alpha value is -2.86. The van der Waals surface area contributed by atoms with Crippen LogP contribution in [-0.4, -0.2) is 56.0 Å². The molecule has 2 heterocycles. The highest BCUT2D eigenvalue weighted by molar-refractivity contribution is 6.03. The number of para-hydroxylation sites is 1. The van der Waals surface area contributed by atoms with Gasteiger partial charge < -0.3 is 20.0 Å². The second-order valence-electron chi connectivity index (χ2n) is 7.70. The molecule has 1 unspecified atom stereocenters. The van der Waals surface area contributed by atoms with Crippen LogP contribution in [0.5, 0.6) is 0 Å². The highest BCUT2D eigenvalue weighted by Crippen LogP contribution is 2.26. The third-order valence-electron chi connectivity index (χ3n) is 5.88. The zero-order valence-corrected chi connectivity index (χ0v) is 16.9. The Bertz CT molecular complexity index is 845. The molecule has 0 saturated carbocycles. The third kappa shape index (κ3) is 4.43. The Kier molecular flexibility index (Phi) is 5.81. The van der Waals surface area contributed by atoms with Crippen LogP contribution in [0.4, 0.5) is 17.1 Å². The summed E-state index contributed by atoms with van der Waals surface area (Å²) in [6.07, 6.45) is 0.251. The molecule has 0 radical (unpaired) electrons. The van der Waals surface area contributed by atoms with Crippen molar-refractivity contribution in [3.05, 3.63) is 54.6 Å². The lowest BCUT2D eigenvalue weighted by molar-refractivity contribution is -0.122. The predicted molar refractivity (Wildman–Crippen MR) is 116 cm³/mol. The van der Waals surface area contributed by atoms with Gasteiger partial charge in [0.1, 0.15) is 0 Å². The number of hydrogen-bond donors (Lipinski definition) is 1. The highest BCUT2D eigenvalue weighted by Gasteiger charge is 2.35. The summed E-state index contributed by atoms with van der Waals surface area (Å²) >= 11 is 0. The molecule has 2 aliphatic heterocycles. The molecule has 2 aliphatic rings. The molecule has 6 heteroatoms. The normalized spacial score (nSPS) is 20.2. The summed E-state index contributed by atoms with van der Waals surface area (Å²) in [5, 5.41) is 2.98. The Labute approximate surface area is 172 Å². The van der Waals surface area contributed by atoms with Crippen molar-refractivity contribution in [3.8, 4) is 0 Å². The maximum Gasteiger partial charge on any atom is 0.229 e. The number of nitrogens with one attached hydrogen (secondary N) is 1. The maximum atomic E-state index is 12.7. The van der Waals surface area contributed by atoms with Crippen molar-refractivity contribution in [3.63, 3.8) is 0 Å². The van der Waals surface area contributed by atoms with E-state index in [0.717, 1.165) is 44.1 Å². The van der Waals surface area contributed by atoms with Gasteiger partial charge in [0.05, 0.1) is 5.92 Å². The molecule has 2 fully saturated rings. The molecule has 6 nitrogen and oxygen atoms in total. The molecule has 1 N–H and O–H groups in total. The minimum Gasteiger partial charge on any atom is -0.369 e. The molecular weight excluding hydrogens is 364 g/mol. The van der Waals surface area contributed by atoms with Crippen LogP contribution in [0.25, 0.3) is 0 Å². The van der Waals surface area contributed by atoms with Gasteiger partial charge >= 0.3 is 0 Å². The van der Waals surface area contributed by atoms with Gasteiger partial charge in [-0.25, -0.2) is 0 Å². The van der Waals surface area contributed by atoms with Crippen LogP contribution in [0, 0.1) is 5.92 Å². The molecule has 29 heavy (non-hydrogen) atoms. The van der Waals surface area contributed by atoms with Crippen molar-refractivity contribution in [2.75, 3.05) is 54.4 Å². The molecule has 2 aromatic rings. The minimum atomic E-state index is -0.329. The van der Waals surface area contributed by atoms with E-state index in [2.05, 4.69) is 34.2 Å². The lowest BCUT2D eigenvalue weighted by Gasteiger charge is -2.35. The van der Waals surface area contributed by atoms with Gasteiger partial charge in [-0.1, -0.05) is 25.1 Å². The number of piperazine rings is 1. The van der Waals surface area contributed by atoms with Gasteiger partial charge in [0.25, 0.3) is 0 Å². The van der Waals surface area contributed by atoms with Crippen LogP contribution < -0.4 is 15.1 Å². The van der Waals surface area contributed by atoms with E-state index in [0.29, 0.717) is 6.54 Å².